The van der Waals surface area contributed by atoms with Crippen molar-refractivity contribution in [2.24, 2.45) is 0 Å². The molecule has 0 saturated heterocycles. The summed E-state index contributed by atoms with van der Waals surface area (Å²) in [5, 5.41) is 0.545. The van der Waals surface area contributed by atoms with E-state index in [2.05, 4.69) is 0 Å². The van der Waals surface area contributed by atoms with Crippen LogP contribution in [-0.4, -0.2) is 16.6 Å². The first-order valence-electron chi connectivity index (χ1n) is 8.49. The van der Waals surface area contributed by atoms with Gasteiger partial charge >= 0.3 is 0 Å². The van der Waals surface area contributed by atoms with Gasteiger partial charge in [-0.15, -0.1) is 11.3 Å². The van der Waals surface area contributed by atoms with Crippen LogP contribution in [0.2, 0.25) is 0 Å². The third kappa shape index (κ3) is 2.39. The van der Waals surface area contributed by atoms with Crippen LogP contribution in [0.5, 0.6) is 0 Å². The molecule has 0 saturated carbocycles. The lowest BCUT2D eigenvalue weighted by molar-refractivity contribution is 0.0840. The first kappa shape index (κ1) is 16.4. The molecule has 0 fully saturated rings. The highest BCUT2D eigenvalue weighted by Gasteiger charge is 2.56. The number of benzene rings is 3. The van der Waals surface area contributed by atoms with Gasteiger partial charge in [-0.1, -0.05) is 72.4 Å². The van der Waals surface area contributed by atoms with Crippen molar-refractivity contribution >= 4 is 44.9 Å². The van der Waals surface area contributed by atoms with Gasteiger partial charge in [-0.05, 0) is 18.2 Å². The summed E-state index contributed by atoms with van der Waals surface area (Å²) < 4.78 is -0.397. The van der Waals surface area contributed by atoms with Gasteiger partial charge in [0.15, 0.2) is 16.3 Å². The Morgan fingerprint density at radius 1 is 0.852 bits per heavy atom. The largest absolute Gasteiger partial charge is 0.292 e. The number of thioether (sulfide) groups is 1. The van der Waals surface area contributed by atoms with Crippen molar-refractivity contribution in [3.05, 3.63) is 95.0 Å². The Bertz CT molecular complexity index is 1170. The van der Waals surface area contributed by atoms with E-state index in [0.717, 1.165) is 15.1 Å². The second kappa shape index (κ2) is 6.15. The van der Waals surface area contributed by atoms with Crippen molar-refractivity contribution in [3.8, 4) is 0 Å². The molecule has 1 aliphatic rings. The molecule has 1 atom stereocenters. The lowest BCUT2D eigenvalue weighted by Crippen LogP contribution is -2.37. The predicted molar refractivity (Wildman–Crippen MR) is 109 cm³/mol. The topological polar surface area (TPSA) is 47.0 Å². The van der Waals surface area contributed by atoms with E-state index in [4.69, 9.17) is 4.98 Å². The van der Waals surface area contributed by atoms with Crippen molar-refractivity contribution in [1.29, 1.82) is 0 Å². The SMILES string of the molecule is O=C(c1ccccc1)[C@@]1(c2nc3ccccc3s2)Sc2ccccc2C1=O. The number of rotatable bonds is 3. The second-order valence-electron chi connectivity index (χ2n) is 6.29. The van der Waals surface area contributed by atoms with Crippen molar-refractivity contribution in [2.45, 2.75) is 9.64 Å². The normalized spacial score (nSPS) is 18.6. The van der Waals surface area contributed by atoms with Crippen LogP contribution in [0.25, 0.3) is 10.2 Å². The molecular weight excluding hydrogens is 374 g/mol. The Kier molecular flexibility index (Phi) is 3.74. The summed E-state index contributed by atoms with van der Waals surface area (Å²) in [4.78, 5) is 32.7. The van der Waals surface area contributed by atoms with Gasteiger partial charge in [0.2, 0.25) is 0 Å². The maximum Gasteiger partial charge on any atom is 0.198 e. The van der Waals surface area contributed by atoms with Crippen molar-refractivity contribution in [1.82, 2.24) is 4.98 Å². The molecule has 0 bridgehead atoms. The van der Waals surface area contributed by atoms with E-state index in [1.165, 1.54) is 23.1 Å². The van der Waals surface area contributed by atoms with Crippen LogP contribution < -0.4 is 0 Å². The Labute approximate surface area is 164 Å². The Morgan fingerprint density at radius 2 is 1.56 bits per heavy atom. The molecule has 1 aromatic heterocycles. The quantitative estimate of drug-likeness (QED) is 0.351. The monoisotopic (exact) mass is 387 g/mol. The van der Waals surface area contributed by atoms with Crippen LogP contribution in [0.3, 0.4) is 0 Å². The highest BCUT2D eigenvalue weighted by Crippen LogP contribution is 2.54. The summed E-state index contributed by atoms with van der Waals surface area (Å²) in [5.74, 6) is -0.399. The van der Waals surface area contributed by atoms with Crippen LogP contribution in [0, 0.1) is 0 Å². The van der Waals surface area contributed by atoms with E-state index in [0.29, 0.717) is 16.1 Å². The number of Topliss-reactive ketones (excluding diaryl/α,β-unsaturated/α-hetero) is 2. The van der Waals surface area contributed by atoms with E-state index < -0.39 is 4.75 Å². The zero-order valence-corrected chi connectivity index (χ0v) is 15.7. The van der Waals surface area contributed by atoms with Crippen LogP contribution in [0.15, 0.2) is 83.8 Å². The molecule has 0 spiro atoms. The van der Waals surface area contributed by atoms with Crippen LogP contribution in [0.1, 0.15) is 25.7 Å². The lowest BCUT2D eigenvalue weighted by atomic mass is 9.90. The number of carbonyl (C=O) groups excluding carboxylic acids is 2. The lowest BCUT2D eigenvalue weighted by Gasteiger charge is -2.22. The van der Waals surface area contributed by atoms with Gasteiger partial charge in [-0.3, -0.25) is 9.59 Å². The molecule has 1 aliphatic heterocycles. The molecule has 0 aliphatic carbocycles. The van der Waals surface area contributed by atoms with E-state index in [9.17, 15) is 9.59 Å². The second-order valence-corrected chi connectivity index (χ2v) is 8.58. The van der Waals surface area contributed by atoms with Gasteiger partial charge in [0.25, 0.3) is 0 Å². The third-order valence-corrected chi connectivity index (χ3v) is 7.40. The maximum absolute atomic E-state index is 13.7. The number of para-hydroxylation sites is 1. The summed E-state index contributed by atoms with van der Waals surface area (Å²) in [6, 6.07) is 24.1. The van der Waals surface area contributed by atoms with Crippen molar-refractivity contribution in [3.63, 3.8) is 0 Å². The molecule has 0 unspecified atom stereocenters. The minimum atomic E-state index is -1.37. The van der Waals surface area contributed by atoms with Gasteiger partial charge in [-0.2, -0.15) is 0 Å². The Hall–Kier alpha value is -2.76. The Morgan fingerprint density at radius 3 is 2.33 bits per heavy atom. The van der Waals surface area contributed by atoms with Gasteiger partial charge in [0, 0.05) is 16.0 Å². The number of fused-ring (bicyclic) bond motifs is 2. The minimum Gasteiger partial charge on any atom is -0.292 e. The molecule has 0 N–H and O–H groups in total. The minimum absolute atomic E-state index is 0.184. The van der Waals surface area contributed by atoms with Gasteiger partial charge in [0.05, 0.1) is 10.2 Å². The smallest absolute Gasteiger partial charge is 0.198 e. The van der Waals surface area contributed by atoms with Crippen molar-refractivity contribution in [2.75, 3.05) is 0 Å². The van der Waals surface area contributed by atoms with E-state index in [-0.39, 0.29) is 11.6 Å². The van der Waals surface area contributed by atoms with Crippen molar-refractivity contribution < 1.29 is 9.59 Å². The fourth-order valence-corrected chi connectivity index (χ4v) is 5.94. The molecule has 5 heteroatoms. The van der Waals surface area contributed by atoms with Gasteiger partial charge in [-0.25, -0.2) is 4.98 Å². The summed E-state index contributed by atoms with van der Waals surface area (Å²) in [5.41, 5.74) is 1.92. The molecule has 2 heterocycles. The zero-order valence-electron chi connectivity index (χ0n) is 14.1. The molecule has 27 heavy (non-hydrogen) atoms. The maximum atomic E-state index is 13.7. The van der Waals surface area contributed by atoms with Crippen LogP contribution in [-0.2, 0) is 4.75 Å². The fraction of sp³-hybridized carbons (Fsp3) is 0.0455. The van der Waals surface area contributed by atoms with Crippen LogP contribution >= 0.6 is 23.1 Å². The number of aromatic nitrogens is 1. The highest BCUT2D eigenvalue weighted by atomic mass is 32.2. The zero-order chi connectivity index (χ0) is 18.4. The number of ketones is 2. The van der Waals surface area contributed by atoms with Crippen LogP contribution in [0.4, 0.5) is 0 Å². The standard InChI is InChI=1S/C22H13NO2S2/c24-19(14-8-2-1-3-9-14)22(20(25)15-10-4-6-12-17(15)27-22)21-23-16-11-5-7-13-18(16)26-21/h1-13H/t22-/m1/s1. The first-order valence-corrected chi connectivity index (χ1v) is 10.1. The van der Waals surface area contributed by atoms with Gasteiger partial charge in [0.1, 0.15) is 5.01 Å². The molecule has 130 valence electrons. The van der Waals surface area contributed by atoms with E-state index in [1.807, 2.05) is 60.7 Å². The van der Waals surface area contributed by atoms with Gasteiger partial charge < -0.3 is 0 Å². The summed E-state index contributed by atoms with van der Waals surface area (Å²) in [7, 11) is 0. The first-order chi connectivity index (χ1) is 13.2. The number of nitrogens with zero attached hydrogens (tertiary/aromatic N) is 1. The summed E-state index contributed by atoms with van der Waals surface area (Å²) in [6.07, 6.45) is 0. The van der Waals surface area contributed by atoms with E-state index in [1.54, 1.807) is 18.2 Å². The highest BCUT2D eigenvalue weighted by molar-refractivity contribution is 8.02. The average molecular weight is 387 g/mol. The third-order valence-electron chi connectivity index (χ3n) is 4.67. The average Bonchev–Trinajstić information content (AvgIpc) is 3.28. The molecular formula is C22H13NO2S2. The molecule has 0 radical (unpaired) electrons. The molecule has 3 nitrogen and oxygen atoms in total. The number of carbonyl (C=O) groups is 2. The number of hydrogen-bond donors (Lipinski definition) is 0. The fourth-order valence-electron chi connectivity index (χ4n) is 3.35. The Balaban J connectivity index is 1.76. The van der Waals surface area contributed by atoms with E-state index >= 15 is 0 Å². The molecule has 4 aromatic rings. The molecule has 0 amide bonds. The predicted octanol–water partition coefficient (Wildman–Crippen LogP) is 5.36. The molecule has 5 rings (SSSR count). The molecule has 3 aromatic carbocycles. The number of thiazole rings is 1. The number of hydrogen-bond acceptors (Lipinski definition) is 5. The summed E-state index contributed by atoms with van der Waals surface area (Å²) in [6.45, 7) is 0. The summed E-state index contributed by atoms with van der Waals surface area (Å²) >= 11 is 2.73.